The van der Waals surface area contributed by atoms with Gasteiger partial charge in [-0.2, -0.15) is 5.26 Å². The monoisotopic (exact) mass is 203 g/mol. The summed E-state index contributed by atoms with van der Waals surface area (Å²) >= 11 is 0. The molecule has 0 aliphatic rings. The minimum atomic E-state index is -0.466. The van der Waals surface area contributed by atoms with E-state index >= 15 is 0 Å². The van der Waals surface area contributed by atoms with E-state index in [1.807, 2.05) is 0 Å². The molecule has 0 aromatic heterocycles. The van der Waals surface area contributed by atoms with Crippen molar-refractivity contribution in [2.75, 3.05) is 7.11 Å². The predicted octanol–water partition coefficient (Wildman–Crippen LogP) is 1.66. The normalized spacial score (nSPS) is 9.87. The molecular weight excluding hydrogens is 194 g/mol. The number of rotatable bonds is 3. The first-order valence-corrected chi connectivity index (χ1v) is 4.17. The molecular formula is C11H9NO3. The summed E-state index contributed by atoms with van der Waals surface area (Å²) in [5.41, 5.74) is 0.0616. The van der Waals surface area contributed by atoms with E-state index in [9.17, 15) is 9.90 Å². The molecule has 0 unspecified atom stereocenters. The number of hydrogen-bond donors (Lipinski definition) is 1. The fourth-order valence-corrected chi connectivity index (χ4v) is 1.13. The van der Waals surface area contributed by atoms with Crippen LogP contribution in [0.3, 0.4) is 0 Å². The molecule has 15 heavy (non-hydrogen) atoms. The number of phenolic OH excluding ortho intramolecular Hbond substituents is 1. The topological polar surface area (TPSA) is 70.3 Å². The van der Waals surface area contributed by atoms with E-state index in [0.29, 0.717) is 0 Å². The highest BCUT2D eigenvalue weighted by molar-refractivity contribution is 6.08. The lowest BCUT2D eigenvalue weighted by atomic mass is 10.1. The maximum absolute atomic E-state index is 11.5. The Morgan fingerprint density at radius 1 is 1.60 bits per heavy atom. The van der Waals surface area contributed by atoms with Gasteiger partial charge in [0.05, 0.1) is 13.2 Å². The van der Waals surface area contributed by atoms with Crippen molar-refractivity contribution in [1.29, 1.82) is 5.26 Å². The van der Waals surface area contributed by atoms with Crippen LogP contribution in [0, 0.1) is 11.3 Å². The average Bonchev–Trinajstić information content (AvgIpc) is 2.25. The first-order valence-electron chi connectivity index (χ1n) is 4.17. The molecule has 0 aliphatic carbocycles. The van der Waals surface area contributed by atoms with E-state index in [-0.39, 0.29) is 17.1 Å². The van der Waals surface area contributed by atoms with Gasteiger partial charge in [0.15, 0.2) is 5.78 Å². The number of ether oxygens (including phenoxy) is 1. The molecule has 0 bridgehead atoms. The first-order chi connectivity index (χ1) is 7.20. The Hall–Kier alpha value is -2.28. The fraction of sp³-hybridized carbons (Fsp3) is 0.0909. The van der Waals surface area contributed by atoms with E-state index in [2.05, 4.69) is 0 Å². The van der Waals surface area contributed by atoms with Crippen LogP contribution in [0.15, 0.2) is 30.4 Å². The predicted molar refractivity (Wildman–Crippen MR) is 53.7 cm³/mol. The second kappa shape index (κ2) is 4.82. The summed E-state index contributed by atoms with van der Waals surface area (Å²) in [7, 11) is 1.40. The zero-order valence-electron chi connectivity index (χ0n) is 8.10. The molecule has 76 valence electrons. The average molecular weight is 203 g/mol. The summed E-state index contributed by atoms with van der Waals surface area (Å²) in [6.45, 7) is 0. The number of carbonyl (C=O) groups excluding carboxylic acids is 1. The number of nitrogens with zero attached hydrogens (tertiary/aromatic N) is 1. The molecule has 0 saturated heterocycles. The lowest BCUT2D eigenvalue weighted by Crippen LogP contribution is -1.99. The summed E-state index contributed by atoms with van der Waals surface area (Å²) in [5.74, 6) is -0.351. The Morgan fingerprint density at radius 2 is 2.33 bits per heavy atom. The summed E-state index contributed by atoms with van der Waals surface area (Å²) in [6, 6.07) is 6.22. The number of ketones is 1. The summed E-state index contributed by atoms with van der Waals surface area (Å²) in [4.78, 5) is 11.5. The molecule has 0 atom stereocenters. The maximum atomic E-state index is 11.5. The molecule has 1 N–H and O–H groups in total. The number of carbonyl (C=O) groups is 1. The van der Waals surface area contributed by atoms with E-state index in [4.69, 9.17) is 10.00 Å². The van der Waals surface area contributed by atoms with Gasteiger partial charge in [0.2, 0.25) is 0 Å². The number of methoxy groups -OCH3 is 1. The van der Waals surface area contributed by atoms with Crippen LogP contribution >= 0.6 is 0 Å². The van der Waals surface area contributed by atoms with E-state index in [0.717, 1.165) is 12.2 Å². The van der Waals surface area contributed by atoms with Gasteiger partial charge < -0.3 is 9.84 Å². The molecule has 1 rings (SSSR count). The Labute approximate surface area is 87.0 Å². The van der Waals surface area contributed by atoms with Crippen molar-refractivity contribution < 1.29 is 14.6 Å². The third-order valence-corrected chi connectivity index (χ3v) is 1.78. The van der Waals surface area contributed by atoms with Crippen LogP contribution in [-0.4, -0.2) is 18.0 Å². The van der Waals surface area contributed by atoms with E-state index < -0.39 is 5.78 Å². The Bertz CT molecular complexity index is 444. The van der Waals surface area contributed by atoms with Crippen LogP contribution in [0.25, 0.3) is 0 Å². The largest absolute Gasteiger partial charge is 0.507 e. The zero-order valence-corrected chi connectivity index (χ0v) is 8.10. The van der Waals surface area contributed by atoms with Gasteiger partial charge in [0.25, 0.3) is 0 Å². The molecule has 0 heterocycles. The second-order valence-electron chi connectivity index (χ2n) is 2.68. The van der Waals surface area contributed by atoms with Crippen molar-refractivity contribution in [2.45, 2.75) is 0 Å². The minimum Gasteiger partial charge on any atom is -0.507 e. The highest BCUT2D eigenvalue weighted by Gasteiger charge is 2.14. The van der Waals surface area contributed by atoms with Gasteiger partial charge in [0.1, 0.15) is 17.1 Å². The standard InChI is InChI=1S/C11H9NO3/c1-15-10-6-2-4-8(13)11(10)9(14)5-3-7-12/h2-6,13H,1H3/b5-3+. The van der Waals surface area contributed by atoms with Crippen molar-refractivity contribution in [3.63, 3.8) is 0 Å². The molecule has 0 spiro atoms. The molecule has 1 aromatic rings. The third-order valence-electron chi connectivity index (χ3n) is 1.78. The van der Waals surface area contributed by atoms with Crippen LogP contribution in [0.4, 0.5) is 0 Å². The number of nitriles is 1. The van der Waals surface area contributed by atoms with Crippen molar-refractivity contribution in [3.8, 4) is 17.6 Å². The minimum absolute atomic E-state index is 0.0616. The highest BCUT2D eigenvalue weighted by atomic mass is 16.5. The van der Waals surface area contributed by atoms with E-state index in [1.54, 1.807) is 18.2 Å². The molecule has 1 aromatic carbocycles. The molecule has 0 radical (unpaired) electrons. The highest BCUT2D eigenvalue weighted by Crippen LogP contribution is 2.27. The number of hydrogen-bond acceptors (Lipinski definition) is 4. The van der Waals surface area contributed by atoms with Crippen LogP contribution in [0.2, 0.25) is 0 Å². The summed E-state index contributed by atoms with van der Waals surface area (Å²) in [6.07, 6.45) is 2.13. The van der Waals surface area contributed by atoms with Gasteiger partial charge in [-0.3, -0.25) is 4.79 Å². The van der Waals surface area contributed by atoms with Gasteiger partial charge in [-0.1, -0.05) is 6.07 Å². The van der Waals surface area contributed by atoms with Gasteiger partial charge in [-0.25, -0.2) is 0 Å². The molecule has 0 saturated carbocycles. The van der Waals surface area contributed by atoms with Crippen LogP contribution in [0.5, 0.6) is 11.5 Å². The number of allylic oxidation sites excluding steroid dienone is 2. The first kappa shape index (κ1) is 10.8. The van der Waals surface area contributed by atoms with Crippen LogP contribution in [0.1, 0.15) is 10.4 Å². The van der Waals surface area contributed by atoms with Crippen LogP contribution < -0.4 is 4.74 Å². The van der Waals surface area contributed by atoms with Crippen LogP contribution in [-0.2, 0) is 0 Å². The molecule has 0 amide bonds. The van der Waals surface area contributed by atoms with Crippen molar-refractivity contribution >= 4 is 5.78 Å². The molecule has 4 nitrogen and oxygen atoms in total. The van der Waals surface area contributed by atoms with Gasteiger partial charge >= 0.3 is 0 Å². The molecule has 4 heteroatoms. The molecule has 0 fully saturated rings. The van der Waals surface area contributed by atoms with Gasteiger partial charge in [-0.05, 0) is 18.2 Å². The summed E-state index contributed by atoms with van der Waals surface area (Å²) < 4.78 is 4.93. The zero-order chi connectivity index (χ0) is 11.3. The number of benzene rings is 1. The molecule has 0 aliphatic heterocycles. The number of aromatic hydroxyl groups is 1. The van der Waals surface area contributed by atoms with E-state index in [1.165, 1.54) is 13.2 Å². The maximum Gasteiger partial charge on any atom is 0.194 e. The lowest BCUT2D eigenvalue weighted by Gasteiger charge is -2.06. The second-order valence-corrected chi connectivity index (χ2v) is 2.68. The van der Waals surface area contributed by atoms with Crippen molar-refractivity contribution in [2.24, 2.45) is 0 Å². The summed E-state index contributed by atoms with van der Waals surface area (Å²) in [5, 5.41) is 17.7. The smallest absolute Gasteiger partial charge is 0.194 e. The Kier molecular flexibility index (Phi) is 3.47. The SMILES string of the molecule is COc1cccc(O)c1C(=O)/C=C/C#N. The van der Waals surface area contributed by atoms with Crippen molar-refractivity contribution in [3.05, 3.63) is 35.9 Å². The lowest BCUT2D eigenvalue weighted by molar-refractivity contribution is 0.104. The Balaban J connectivity index is 3.18. The Morgan fingerprint density at radius 3 is 2.93 bits per heavy atom. The van der Waals surface area contributed by atoms with Crippen molar-refractivity contribution in [1.82, 2.24) is 0 Å². The van der Waals surface area contributed by atoms with Gasteiger partial charge in [0, 0.05) is 6.08 Å². The quantitative estimate of drug-likeness (QED) is 0.460. The fourth-order valence-electron chi connectivity index (χ4n) is 1.13. The third kappa shape index (κ3) is 2.35. The van der Waals surface area contributed by atoms with Gasteiger partial charge in [-0.15, -0.1) is 0 Å². The number of phenols is 1.